The molecular formula is C16H25N3O2. The van der Waals surface area contributed by atoms with Crippen molar-refractivity contribution < 1.29 is 9.53 Å². The molecule has 0 bridgehead atoms. The minimum absolute atomic E-state index is 0.190. The third-order valence-electron chi connectivity index (χ3n) is 3.85. The number of ether oxygens (including phenoxy) is 1. The maximum Gasteiger partial charge on any atom is 0.327 e. The summed E-state index contributed by atoms with van der Waals surface area (Å²) in [6, 6.07) is 4.51. The molecule has 5 nitrogen and oxygen atoms in total. The number of carbonyl (C=O) groups is 1. The van der Waals surface area contributed by atoms with Crippen LogP contribution in [0.15, 0.2) is 24.5 Å². The van der Waals surface area contributed by atoms with E-state index in [0.717, 1.165) is 25.8 Å². The minimum atomic E-state index is -0.636. The lowest BCUT2D eigenvalue weighted by molar-refractivity contribution is -0.148. The predicted molar refractivity (Wildman–Crippen MR) is 82.0 cm³/mol. The third kappa shape index (κ3) is 4.79. The van der Waals surface area contributed by atoms with Crippen LogP contribution in [0.4, 0.5) is 0 Å². The van der Waals surface area contributed by atoms with Gasteiger partial charge in [-0.05, 0) is 50.9 Å². The molecule has 1 fully saturated rings. The molecule has 0 aromatic carbocycles. The van der Waals surface area contributed by atoms with Crippen molar-refractivity contribution in [3.8, 4) is 0 Å². The average molecular weight is 291 g/mol. The summed E-state index contributed by atoms with van der Waals surface area (Å²) < 4.78 is 4.97. The van der Waals surface area contributed by atoms with Crippen LogP contribution >= 0.6 is 0 Å². The van der Waals surface area contributed by atoms with Crippen molar-refractivity contribution in [2.24, 2.45) is 0 Å². The number of likely N-dealkylation sites (N-methyl/N-ethyl adjacent to an activating group) is 1. The average Bonchev–Trinajstić information content (AvgIpc) is 3.29. The number of rotatable bonds is 8. The summed E-state index contributed by atoms with van der Waals surface area (Å²) in [6.45, 7) is 3.46. The molecule has 1 atom stereocenters. The predicted octanol–water partition coefficient (Wildman–Crippen LogP) is 1.24. The summed E-state index contributed by atoms with van der Waals surface area (Å²) in [5.41, 5.74) is 0.620. The van der Waals surface area contributed by atoms with Gasteiger partial charge in [0.15, 0.2) is 0 Å². The summed E-state index contributed by atoms with van der Waals surface area (Å²) in [5.74, 6) is -0.190. The van der Waals surface area contributed by atoms with Gasteiger partial charge < -0.3 is 9.64 Å². The highest BCUT2D eigenvalue weighted by atomic mass is 16.5. The van der Waals surface area contributed by atoms with E-state index in [-0.39, 0.29) is 5.97 Å². The zero-order chi connectivity index (χ0) is 15.3. The van der Waals surface area contributed by atoms with Crippen molar-refractivity contribution in [3.05, 3.63) is 30.1 Å². The molecule has 1 saturated carbocycles. The van der Waals surface area contributed by atoms with E-state index in [1.165, 1.54) is 12.7 Å². The van der Waals surface area contributed by atoms with Crippen molar-refractivity contribution >= 4 is 5.97 Å². The van der Waals surface area contributed by atoms with Gasteiger partial charge >= 0.3 is 5.97 Å². The van der Waals surface area contributed by atoms with Crippen LogP contribution in [0.2, 0.25) is 0 Å². The van der Waals surface area contributed by atoms with Crippen molar-refractivity contribution in [2.75, 3.05) is 27.2 Å². The molecule has 1 aromatic heterocycles. The largest absolute Gasteiger partial charge is 0.468 e. The number of pyridine rings is 1. The standard InChI is InChI=1S/C16H25N3O2/c1-16(15(20)21-3,18-14-4-5-14)12-19(2)11-8-13-6-9-17-10-7-13/h6-7,9-10,14,18H,4-5,8,11-12H2,1-3H3. The number of hydrogen-bond acceptors (Lipinski definition) is 5. The molecule has 0 radical (unpaired) electrons. The maximum absolute atomic E-state index is 12.1. The van der Waals surface area contributed by atoms with Crippen LogP contribution in [-0.2, 0) is 16.0 Å². The molecule has 1 aliphatic carbocycles. The van der Waals surface area contributed by atoms with Crippen molar-refractivity contribution in [1.29, 1.82) is 0 Å². The Morgan fingerprint density at radius 2 is 2.14 bits per heavy atom. The molecule has 0 aliphatic heterocycles. The van der Waals surface area contributed by atoms with Crippen LogP contribution in [-0.4, -0.2) is 54.7 Å². The van der Waals surface area contributed by atoms with Crippen LogP contribution in [0, 0.1) is 0 Å². The van der Waals surface area contributed by atoms with Crippen LogP contribution in [0.3, 0.4) is 0 Å². The first-order valence-corrected chi connectivity index (χ1v) is 7.47. The molecule has 1 heterocycles. The normalized spacial score (nSPS) is 17.5. The fourth-order valence-electron chi connectivity index (χ4n) is 2.56. The van der Waals surface area contributed by atoms with Gasteiger partial charge in [-0.3, -0.25) is 15.1 Å². The Labute approximate surface area is 126 Å². The smallest absolute Gasteiger partial charge is 0.327 e. The Hall–Kier alpha value is -1.46. The second-order valence-corrected chi connectivity index (χ2v) is 6.09. The fourth-order valence-corrected chi connectivity index (χ4v) is 2.56. The third-order valence-corrected chi connectivity index (χ3v) is 3.85. The lowest BCUT2D eigenvalue weighted by Gasteiger charge is -2.32. The van der Waals surface area contributed by atoms with Crippen molar-refractivity contribution in [3.63, 3.8) is 0 Å². The van der Waals surface area contributed by atoms with E-state index >= 15 is 0 Å². The van der Waals surface area contributed by atoms with Gasteiger partial charge in [-0.25, -0.2) is 0 Å². The number of hydrogen-bond donors (Lipinski definition) is 1. The molecule has 116 valence electrons. The van der Waals surface area contributed by atoms with E-state index < -0.39 is 5.54 Å². The zero-order valence-corrected chi connectivity index (χ0v) is 13.1. The van der Waals surface area contributed by atoms with E-state index in [4.69, 9.17) is 4.74 Å². The van der Waals surface area contributed by atoms with Gasteiger partial charge in [-0.15, -0.1) is 0 Å². The highest BCUT2D eigenvalue weighted by Crippen LogP contribution is 2.23. The molecule has 5 heteroatoms. The Kier molecular flexibility index (Phi) is 5.31. The summed E-state index contributed by atoms with van der Waals surface area (Å²) in [6.07, 6.45) is 6.85. The molecule has 1 N–H and O–H groups in total. The molecule has 1 unspecified atom stereocenters. The van der Waals surface area contributed by atoms with Crippen molar-refractivity contribution in [2.45, 2.75) is 37.8 Å². The number of aromatic nitrogens is 1. The number of nitrogens with one attached hydrogen (secondary N) is 1. The number of carbonyl (C=O) groups excluding carboxylic acids is 1. The van der Waals surface area contributed by atoms with Gasteiger partial charge in [0.2, 0.25) is 0 Å². The summed E-state index contributed by atoms with van der Waals surface area (Å²) >= 11 is 0. The number of esters is 1. The minimum Gasteiger partial charge on any atom is -0.468 e. The molecular weight excluding hydrogens is 266 g/mol. The van der Waals surface area contributed by atoms with E-state index in [9.17, 15) is 4.79 Å². The summed E-state index contributed by atoms with van der Waals surface area (Å²) in [5, 5.41) is 3.42. The first-order valence-electron chi connectivity index (χ1n) is 7.47. The van der Waals surface area contributed by atoms with Gasteiger partial charge in [0.25, 0.3) is 0 Å². The van der Waals surface area contributed by atoms with Gasteiger partial charge in [-0.2, -0.15) is 0 Å². The lowest BCUT2D eigenvalue weighted by Crippen LogP contribution is -2.57. The van der Waals surface area contributed by atoms with Gasteiger partial charge in [-0.1, -0.05) is 0 Å². The summed E-state index contributed by atoms with van der Waals surface area (Å²) in [4.78, 5) is 18.3. The highest BCUT2D eigenvalue weighted by molar-refractivity contribution is 5.80. The topological polar surface area (TPSA) is 54.5 Å². The van der Waals surface area contributed by atoms with Gasteiger partial charge in [0.05, 0.1) is 7.11 Å². The SMILES string of the molecule is COC(=O)C(C)(CN(C)CCc1ccncc1)NC1CC1. The Morgan fingerprint density at radius 1 is 1.48 bits per heavy atom. The quantitative estimate of drug-likeness (QED) is 0.730. The second kappa shape index (κ2) is 7.00. The second-order valence-electron chi connectivity index (χ2n) is 6.09. The lowest BCUT2D eigenvalue weighted by atomic mass is 10.0. The molecule has 2 rings (SSSR count). The molecule has 0 saturated heterocycles. The molecule has 0 amide bonds. The Morgan fingerprint density at radius 3 is 2.71 bits per heavy atom. The fraction of sp³-hybridized carbons (Fsp3) is 0.625. The van der Waals surface area contributed by atoms with Crippen LogP contribution in [0.1, 0.15) is 25.3 Å². The first kappa shape index (κ1) is 15.9. The molecule has 1 aliphatic rings. The highest BCUT2D eigenvalue weighted by Gasteiger charge is 2.40. The van der Waals surface area contributed by atoms with Gasteiger partial charge in [0.1, 0.15) is 5.54 Å². The van der Waals surface area contributed by atoms with E-state index in [2.05, 4.69) is 15.2 Å². The van der Waals surface area contributed by atoms with E-state index in [1.807, 2.05) is 38.5 Å². The molecule has 0 spiro atoms. The Balaban J connectivity index is 1.88. The monoisotopic (exact) mass is 291 g/mol. The van der Waals surface area contributed by atoms with E-state index in [0.29, 0.717) is 12.6 Å². The van der Waals surface area contributed by atoms with E-state index in [1.54, 1.807) is 0 Å². The Bertz CT molecular complexity index is 462. The van der Waals surface area contributed by atoms with Crippen LogP contribution in [0.5, 0.6) is 0 Å². The first-order chi connectivity index (χ1) is 10.0. The number of nitrogens with zero attached hydrogens (tertiary/aromatic N) is 2. The van der Waals surface area contributed by atoms with Crippen LogP contribution in [0.25, 0.3) is 0 Å². The number of methoxy groups -OCH3 is 1. The summed E-state index contributed by atoms with van der Waals surface area (Å²) in [7, 11) is 3.49. The van der Waals surface area contributed by atoms with Gasteiger partial charge in [0, 0.05) is 31.5 Å². The molecule has 21 heavy (non-hydrogen) atoms. The van der Waals surface area contributed by atoms with Crippen LogP contribution < -0.4 is 5.32 Å². The zero-order valence-electron chi connectivity index (χ0n) is 13.1. The van der Waals surface area contributed by atoms with Crippen molar-refractivity contribution in [1.82, 2.24) is 15.2 Å². The maximum atomic E-state index is 12.1. The molecule has 1 aromatic rings.